The molecule has 16 heavy (non-hydrogen) atoms. The van der Waals surface area contributed by atoms with E-state index < -0.39 is 0 Å². The van der Waals surface area contributed by atoms with E-state index in [2.05, 4.69) is 54.6 Å². The lowest BCUT2D eigenvalue weighted by molar-refractivity contribution is 0.577. The smallest absolute Gasteiger partial charge is 0.00712 e. The van der Waals surface area contributed by atoms with Gasteiger partial charge in [-0.05, 0) is 35.4 Å². The van der Waals surface area contributed by atoms with Gasteiger partial charge in [-0.2, -0.15) is 0 Å². The van der Waals surface area contributed by atoms with Crippen LogP contribution in [0.25, 0.3) is 0 Å². The van der Waals surface area contributed by atoms with Gasteiger partial charge in [0.1, 0.15) is 0 Å². The van der Waals surface area contributed by atoms with Crippen LogP contribution >= 0.6 is 0 Å². The van der Waals surface area contributed by atoms with Crippen molar-refractivity contribution in [2.45, 2.75) is 24.2 Å². The van der Waals surface area contributed by atoms with Crippen LogP contribution in [0.1, 0.15) is 29.0 Å². The summed E-state index contributed by atoms with van der Waals surface area (Å²) in [5.41, 5.74) is 5.24. The predicted molar refractivity (Wildman–Crippen MR) is 65.6 cm³/mol. The van der Waals surface area contributed by atoms with Crippen LogP contribution in [-0.2, 0) is 11.8 Å². The molecule has 2 atom stereocenters. The molecule has 78 valence electrons. The summed E-state index contributed by atoms with van der Waals surface area (Å²) in [6.07, 6.45) is 2.65. The van der Waals surface area contributed by atoms with Gasteiger partial charge in [0, 0.05) is 5.41 Å². The first-order chi connectivity index (χ1) is 7.90. The Balaban J connectivity index is 1.72. The van der Waals surface area contributed by atoms with Gasteiger partial charge in [-0.25, -0.2) is 0 Å². The van der Waals surface area contributed by atoms with E-state index in [1.165, 1.54) is 18.4 Å². The van der Waals surface area contributed by atoms with Gasteiger partial charge in [-0.3, -0.25) is 0 Å². The molecule has 0 bridgehead atoms. The van der Waals surface area contributed by atoms with Gasteiger partial charge in [-0.15, -0.1) is 0 Å². The first-order valence-corrected chi connectivity index (χ1v) is 6.03. The maximum Gasteiger partial charge on any atom is 0.00712 e. The van der Waals surface area contributed by atoms with E-state index in [1.54, 1.807) is 11.1 Å². The molecule has 2 aliphatic carbocycles. The van der Waals surface area contributed by atoms with Crippen molar-refractivity contribution >= 4 is 0 Å². The molecule has 0 N–H and O–H groups in total. The third-order valence-electron chi connectivity index (χ3n) is 4.34. The number of hydrogen-bond acceptors (Lipinski definition) is 0. The largest absolute Gasteiger partial charge is 0.0622 e. The molecule has 0 heterocycles. The summed E-state index contributed by atoms with van der Waals surface area (Å²) in [5.74, 6) is 0.781. The first-order valence-electron chi connectivity index (χ1n) is 6.03. The zero-order valence-electron chi connectivity index (χ0n) is 9.19. The standard InChI is InChI=1S/C16H14/c1-2-6-12(7-3-1)15-11-16(15)10-13-8-4-5-9-14(13)16/h1-9,15H,10-11H2. The summed E-state index contributed by atoms with van der Waals surface area (Å²) >= 11 is 0. The molecule has 2 aliphatic rings. The molecule has 0 saturated heterocycles. The minimum atomic E-state index is 0.526. The SMILES string of the molecule is c1ccc(C2CC23Cc2ccccc23)cc1. The van der Waals surface area contributed by atoms with E-state index in [1.807, 2.05) is 0 Å². The van der Waals surface area contributed by atoms with E-state index >= 15 is 0 Å². The Morgan fingerprint density at radius 3 is 2.44 bits per heavy atom. The third-order valence-corrected chi connectivity index (χ3v) is 4.34. The Morgan fingerprint density at radius 1 is 0.875 bits per heavy atom. The minimum absolute atomic E-state index is 0.526. The van der Waals surface area contributed by atoms with Crippen molar-refractivity contribution in [3.63, 3.8) is 0 Å². The fraction of sp³-hybridized carbons (Fsp3) is 0.250. The molecular formula is C16H14. The van der Waals surface area contributed by atoms with Crippen LogP contribution in [0, 0.1) is 0 Å². The van der Waals surface area contributed by atoms with E-state index in [0.717, 1.165) is 5.92 Å². The van der Waals surface area contributed by atoms with Crippen LogP contribution in [0.3, 0.4) is 0 Å². The van der Waals surface area contributed by atoms with Crippen molar-refractivity contribution in [3.8, 4) is 0 Å². The van der Waals surface area contributed by atoms with Gasteiger partial charge in [0.2, 0.25) is 0 Å². The zero-order valence-corrected chi connectivity index (χ0v) is 9.19. The van der Waals surface area contributed by atoms with Crippen LogP contribution in [0.2, 0.25) is 0 Å². The van der Waals surface area contributed by atoms with Gasteiger partial charge in [0.25, 0.3) is 0 Å². The van der Waals surface area contributed by atoms with Gasteiger partial charge < -0.3 is 0 Å². The van der Waals surface area contributed by atoms with Crippen LogP contribution in [0.4, 0.5) is 0 Å². The average Bonchev–Trinajstić information content (AvgIpc) is 3.07. The molecule has 0 aliphatic heterocycles. The van der Waals surface area contributed by atoms with E-state index in [0.29, 0.717) is 5.41 Å². The Hall–Kier alpha value is -1.56. The summed E-state index contributed by atoms with van der Waals surface area (Å²) in [4.78, 5) is 0. The number of hydrogen-bond donors (Lipinski definition) is 0. The van der Waals surface area contributed by atoms with Crippen LogP contribution in [0.5, 0.6) is 0 Å². The lowest BCUT2D eigenvalue weighted by atomic mass is 9.72. The molecule has 2 aromatic carbocycles. The third kappa shape index (κ3) is 0.948. The first kappa shape index (κ1) is 8.58. The van der Waals surface area contributed by atoms with Crippen molar-refractivity contribution < 1.29 is 0 Å². The molecule has 0 radical (unpaired) electrons. The normalized spacial score (nSPS) is 29.6. The zero-order chi connectivity index (χ0) is 10.6. The topological polar surface area (TPSA) is 0 Å². The highest BCUT2D eigenvalue weighted by molar-refractivity contribution is 5.55. The Morgan fingerprint density at radius 2 is 1.62 bits per heavy atom. The lowest BCUT2D eigenvalue weighted by Crippen LogP contribution is -2.26. The highest BCUT2D eigenvalue weighted by atomic mass is 14.6. The Labute approximate surface area is 95.9 Å². The molecule has 0 nitrogen and oxygen atoms in total. The monoisotopic (exact) mass is 206 g/mol. The second-order valence-corrected chi connectivity index (χ2v) is 5.16. The van der Waals surface area contributed by atoms with Crippen molar-refractivity contribution in [1.29, 1.82) is 0 Å². The highest BCUT2D eigenvalue weighted by Gasteiger charge is 2.61. The minimum Gasteiger partial charge on any atom is -0.0622 e. The number of rotatable bonds is 1. The summed E-state index contributed by atoms with van der Waals surface area (Å²) in [5, 5.41) is 0. The van der Waals surface area contributed by atoms with Crippen molar-refractivity contribution in [3.05, 3.63) is 71.3 Å². The lowest BCUT2D eigenvalue weighted by Gasteiger charge is -2.31. The molecule has 0 heteroatoms. The summed E-state index contributed by atoms with van der Waals surface area (Å²) in [7, 11) is 0. The molecule has 1 fully saturated rings. The summed E-state index contributed by atoms with van der Waals surface area (Å²) < 4.78 is 0. The molecular weight excluding hydrogens is 192 g/mol. The van der Waals surface area contributed by atoms with Crippen LogP contribution < -0.4 is 0 Å². The van der Waals surface area contributed by atoms with Gasteiger partial charge in [0.05, 0.1) is 0 Å². The fourth-order valence-corrected chi connectivity index (χ4v) is 3.41. The maximum atomic E-state index is 2.32. The summed E-state index contributed by atoms with van der Waals surface area (Å²) in [6, 6.07) is 19.9. The van der Waals surface area contributed by atoms with E-state index in [4.69, 9.17) is 0 Å². The molecule has 2 aromatic rings. The van der Waals surface area contributed by atoms with Crippen molar-refractivity contribution in [2.75, 3.05) is 0 Å². The summed E-state index contributed by atoms with van der Waals surface area (Å²) in [6.45, 7) is 0. The second kappa shape index (κ2) is 2.76. The Kier molecular flexibility index (Phi) is 1.48. The van der Waals surface area contributed by atoms with Crippen molar-refractivity contribution in [1.82, 2.24) is 0 Å². The van der Waals surface area contributed by atoms with Gasteiger partial charge in [0.15, 0.2) is 0 Å². The molecule has 2 unspecified atom stereocenters. The fourth-order valence-electron chi connectivity index (χ4n) is 3.41. The molecule has 4 rings (SSSR count). The molecule has 1 saturated carbocycles. The Bertz CT molecular complexity index is 541. The van der Waals surface area contributed by atoms with Gasteiger partial charge in [-0.1, -0.05) is 54.6 Å². The van der Waals surface area contributed by atoms with Crippen LogP contribution in [0.15, 0.2) is 54.6 Å². The van der Waals surface area contributed by atoms with Crippen molar-refractivity contribution in [2.24, 2.45) is 0 Å². The second-order valence-electron chi connectivity index (χ2n) is 5.16. The average molecular weight is 206 g/mol. The van der Waals surface area contributed by atoms with E-state index in [9.17, 15) is 0 Å². The molecule has 0 aromatic heterocycles. The molecule has 1 spiro atoms. The molecule has 0 amide bonds. The van der Waals surface area contributed by atoms with Gasteiger partial charge >= 0.3 is 0 Å². The highest BCUT2D eigenvalue weighted by Crippen LogP contribution is 2.67. The number of benzene rings is 2. The maximum absolute atomic E-state index is 2.32. The predicted octanol–water partition coefficient (Wildman–Crippen LogP) is 3.67. The van der Waals surface area contributed by atoms with E-state index in [-0.39, 0.29) is 0 Å². The quantitative estimate of drug-likeness (QED) is 0.668. The van der Waals surface area contributed by atoms with Crippen LogP contribution in [-0.4, -0.2) is 0 Å². The number of fused-ring (bicyclic) bond motifs is 2.